The van der Waals surface area contributed by atoms with E-state index in [4.69, 9.17) is 4.74 Å². The third-order valence-corrected chi connectivity index (χ3v) is 2.30. The van der Waals surface area contributed by atoms with Gasteiger partial charge in [-0.3, -0.25) is 4.79 Å². The lowest BCUT2D eigenvalue weighted by molar-refractivity contribution is -0.138. The number of hydrogen-bond acceptors (Lipinski definition) is 4. The highest BCUT2D eigenvalue weighted by Crippen LogP contribution is 2.11. The first-order valence-electron chi connectivity index (χ1n) is 5.40. The van der Waals surface area contributed by atoms with Gasteiger partial charge in [-0.05, 0) is 26.8 Å². The molecule has 0 atom stereocenters. The minimum absolute atomic E-state index is 0.175. The Balaban J connectivity index is 2.85. The largest absolute Gasteiger partial charge is 0.463 e. The van der Waals surface area contributed by atoms with Gasteiger partial charge >= 0.3 is 5.97 Å². The second kappa shape index (κ2) is 5.49. The quantitative estimate of drug-likeness (QED) is 0.676. The van der Waals surface area contributed by atoms with Gasteiger partial charge < -0.3 is 9.64 Å². The van der Waals surface area contributed by atoms with Crippen LogP contribution in [0, 0.1) is 0 Å². The van der Waals surface area contributed by atoms with Crippen LogP contribution in [0.2, 0.25) is 0 Å². The van der Waals surface area contributed by atoms with E-state index in [1.807, 2.05) is 18.7 Å². The highest BCUT2D eigenvalue weighted by molar-refractivity contribution is 6.05. The zero-order valence-corrected chi connectivity index (χ0v) is 9.90. The molecule has 0 aromatic rings. The summed E-state index contributed by atoms with van der Waals surface area (Å²) in [4.78, 5) is 24.9. The Morgan fingerprint density at radius 1 is 1.56 bits per heavy atom. The van der Waals surface area contributed by atoms with E-state index >= 15 is 0 Å². The molecule has 4 heteroatoms. The zero-order valence-electron chi connectivity index (χ0n) is 9.90. The third-order valence-electron chi connectivity index (χ3n) is 2.30. The number of ketones is 1. The molecule has 16 heavy (non-hydrogen) atoms. The molecule has 0 fully saturated rings. The predicted octanol–water partition coefficient (Wildman–Crippen LogP) is 1.28. The Morgan fingerprint density at radius 3 is 2.81 bits per heavy atom. The van der Waals surface area contributed by atoms with Gasteiger partial charge in [0.1, 0.15) is 0 Å². The topological polar surface area (TPSA) is 46.6 Å². The second-order valence-corrected chi connectivity index (χ2v) is 3.87. The SMILES string of the molecule is CCOC(=O)C1=CC(=O)C=CN(C(C)C)C1. The van der Waals surface area contributed by atoms with Gasteiger partial charge in [0.25, 0.3) is 0 Å². The summed E-state index contributed by atoms with van der Waals surface area (Å²) in [5, 5.41) is 0. The van der Waals surface area contributed by atoms with Crippen molar-refractivity contribution in [2.24, 2.45) is 0 Å². The third kappa shape index (κ3) is 3.22. The molecule has 0 bridgehead atoms. The minimum atomic E-state index is -0.412. The van der Waals surface area contributed by atoms with Crippen molar-refractivity contribution in [1.29, 1.82) is 0 Å². The molecule has 1 rings (SSSR count). The van der Waals surface area contributed by atoms with E-state index in [2.05, 4.69) is 0 Å². The van der Waals surface area contributed by atoms with Gasteiger partial charge in [0.2, 0.25) is 0 Å². The lowest BCUT2D eigenvalue weighted by Crippen LogP contribution is -2.29. The molecule has 0 amide bonds. The predicted molar refractivity (Wildman–Crippen MR) is 60.7 cm³/mol. The maximum atomic E-state index is 11.6. The normalized spacial score (nSPS) is 16.1. The summed E-state index contributed by atoms with van der Waals surface area (Å²) in [7, 11) is 0. The standard InChI is InChI=1S/C12H17NO3/c1-4-16-12(15)10-7-11(14)5-6-13(8-10)9(2)3/h5-7,9H,4,8H2,1-3H3. The molecule has 1 heterocycles. The van der Waals surface area contributed by atoms with E-state index in [-0.39, 0.29) is 11.8 Å². The van der Waals surface area contributed by atoms with Crippen molar-refractivity contribution in [3.8, 4) is 0 Å². The Kier molecular flexibility index (Phi) is 4.28. The summed E-state index contributed by atoms with van der Waals surface area (Å²) in [6.07, 6.45) is 4.53. The number of carbonyl (C=O) groups is 2. The fourth-order valence-corrected chi connectivity index (χ4v) is 1.39. The first-order chi connectivity index (χ1) is 7.54. The van der Waals surface area contributed by atoms with E-state index < -0.39 is 5.97 Å². The molecular weight excluding hydrogens is 206 g/mol. The molecule has 0 saturated carbocycles. The van der Waals surface area contributed by atoms with Gasteiger partial charge in [-0.15, -0.1) is 0 Å². The van der Waals surface area contributed by atoms with Crippen LogP contribution in [0.5, 0.6) is 0 Å². The maximum Gasteiger partial charge on any atom is 0.335 e. The van der Waals surface area contributed by atoms with Gasteiger partial charge in [-0.25, -0.2) is 4.79 Å². The van der Waals surface area contributed by atoms with Crippen LogP contribution >= 0.6 is 0 Å². The maximum absolute atomic E-state index is 11.6. The Labute approximate surface area is 95.6 Å². The van der Waals surface area contributed by atoms with Gasteiger partial charge in [0.15, 0.2) is 5.78 Å². The Hall–Kier alpha value is -1.58. The summed E-state index contributed by atoms with van der Waals surface area (Å²) in [6, 6.07) is 0.236. The molecule has 0 radical (unpaired) electrons. The van der Waals surface area contributed by atoms with Gasteiger partial charge in [0.05, 0.1) is 12.2 Å². The van der Waals surface area contributed by atoms with Gasteiger partial charge in [-0.2, -0.15) is 0 Å². The second-order valence-electron chi connectivity index (χ2n) is 3.87. The zero-order chi connectivity index (χ0) is 12.1. The van der Waals surface area contributed by atoms with E-state index in [0.717, 1.165) is 0 Å². The van der Waals surface area contributed by atoms with Crippen LogP contribution in [0.3, 0.4) is 0 Å². The van der Waals surface area contributed by atoms with E-state index in [9.17, 15) is 9.59 Å². The molecule has 0 N–H and O–H groups in total. The van der Waals surface area contributed by atoms with Crippen LogP contribution < -0.4 is 0 Å². The van der Waals surface area contributed by atoms with Crippen molar-refractivity contribution in [1.82, 2.24) is 4.90 Å². The molecule has 0 spiro atoms. The van der Waals surface area contributed by atoms with Crippen molar-refractivity contribution < 1.29 is 14.3 Å². The molecule has 4 nitrogen and oxygen atoms in total. The fraction of sp³-hybridized carbons (Fsp3) is 0.500. The molecule has 0 unspecified atom stereocenters. The molecular formula is C12H17NO3. The highest BCUT2D eigenvalue weighted by Gasteiger charge is 2.18. The Morgan fingerprint density at radius 2 is 2.25 bits per heavy atom. The van der Waals surface area contributed by atoms with Crippen molar-refractivity contribution in [3.05, 3.63) is 23.9 Å². The molecule has 0 aromatic carbocycles. The molecule has 0 aromatic heterocycles. The lowest BCUT2D eigenvalue weighted by atomic mass is 10.2. The molecule has 1 aliphatic heterocycles. The highest BCUT2D eigenvalue weighted by atomic mass is 16.5. The summed E-state index contributed by atoms with van der Waals surface area (Å²) in [6.45, 7) is 6.49. The van der Waals surface area contributed by atoms with Gasteiger partial charge in [-0.1, -0.05) is 0 Å². The van der Waals surface area contributed by atoms with Crippen LogP contribution in [0.4, 0.5) is 0 Å². The van der Waals surface area contributed by atoms with Crippen molar-refractivity contribution in [3.63, 3.8) is 0 Å². The molecule has 88 valence electrons. The Bertz CT molecular complexity index is 342. The summed E-state index contributed by atoms with van der Waals surface area (Å²) >= 11 is 0. The summed E-state index contributed by atoms with van der Waals surface area (Å²) in [5.41, 5.74) is 0.408. The average Bonchev–Trinajstić information content (AvgIpc) is 2.40. The van der Waals surface area contributed by atoms with Crippen LogP contribution in [-0.4, -0.2) is 35.8 Å². The van der Waals surface area contributed by atoms with Crippen LogP contribution in [0.15, 0.2) is 23.9 Å². The first kappa shape index (κ1) is 12.5. The number of carbonyl (C=O) groups excluding carboxylic acids is 2. The first-order valence-corrected chi connectivity index (χ1v) is 5.40. The number of allylic oxidation sites excluding steroid dienone is 2. The fourth-order valence-electron chi connectivity index (χ4n) is 1.39. The number of nitrogens with zero attached hydrogens (tertiary/aromatic N) is 1. The smallest absolute Gasteiger partial charge is 0.335 e. The van der Waals surface area contributed by atoms with Crippen LogP contribution in [-0.2, 0) is 14.3 Å². The van der Waals surface area contributed by atoms with Gasteiger partial charge in [0, 0.05) is 24.9 Å². The van der Waals surface area contributed by atoms with Crippen molar-refractivity contribution in [2.45, 2.75) is 26.8 Å². The van der Waals surface area contributed by atoms with Crippen molar-refractivity contribution in [2.75, 3.05) is 13.2 Å². The number of rotatable bonds is 3. The molecule has 1 aliphatic rings. The number of esters is 1. The minimum Gasteiger partial charge on any atom is -0.463 e. The van der Waals surface area contributed by atoms with Crippen molar-refractivity contribution >= 4 is 11.8 Å². The summed E-state index contributed by atoms with van der Waals surface area (Å²) < 4.78 is 4.90. The van der Waals surface area contributed by atoms with Crippen LogP contribution in [0.1, 0.15) is 20.8 Å². The molecule has 0 aliphatic carbocycles. The lowest BCUT2D eigenvalue weighted by Gasteiger charge is -2.24. The number of ether oxygens (including phenoxy) is 1. The number of hydrogen-bond donors (Lipinski definition) is 0. The average molecular weight is 223 g/mol. The monoisotopic (exact) mass is 223 g/mol. The van der Waals surface area contributed by atoms with Crippen LogP contribution in [0.25, 0.3) is 0 Å². The molecule has 0 saturated heterocycles. The van der Waals surface area contributed by atoms with E-state index in [1.165, 1.54) is 12.2 Å². The summed E-state index contributed by atoms with van der Waals surface area (Å²) in [5.74, 6) is -0.587. The van der Waals surface area contributed by atoms with E-state index in [1.54, 1.807) is 13.1 Å². The van der Waals surface area contributed by atoms with E-state index in [0.29, 0.717) is 18.7 Å².